The molecule has 3 amide bonds. The molecule has 0 aliphatic carbocycles. The van der Waals surface area contributed by atoms with E-state index in [9.17, 15) is 9.59 Å². The maximum atomic E-state index is 11.8. The summed E-state index contributed by atoms with van der Waals surface area (Å²) in [6.07, 6.45) is 0. The fraction of sp³-hybridized carbons (Fsp3) is 0.375. The largest absolute Gasteiger partial charge is 0.336 e. The summed E-state index contributed by atoms with van der Waals surface area (Å²) in [6.45, 7) is 5.67. The Hall–Kier alpha value is -2.35. The number of imide groups is 1. The number of hydrogen-bond donors (Lipinski definition) is 2. The van der Waals surface area contributed by atoms with E-state index in [1.807, 2.05) is 56.7 Å². The predicted octanol–water partition coefficient (Wildman–Crippen LogP) is 2.12. The molecule has 2 rings (SSSR count). The number of rotatable bonds is 5. The highest BCUT2D eigenvalue weighted by molar-refractivity contribution is 7.99. The van der Waals surface area contributed by atoms with E-state index >= 15 is 0 Å². The van der Waals surface area contributed by atoms with E-state index < -0.39 is 6.03 Å². The molecular weight excluding hydrogens is 326 g/mol. The smallest absolute Gasteiger partial charge is 0.321 e. The van der Waals surface area contributed by atoms with Gasteiger partial charge in [0.15, 0.2) is 11.0 Å². The Kier molecular flexibility index (Phi) is 5.97. The lowest BCUT2D eigenvalue weighted by atomic mass is 10.1. The second-order valence-corrected chi connectivity index (χ2v) is 6.64. The van der Waals surface area contributed by atoms with Gasteiger partial charge in [-0.1, -0.05) is 41.6 Å². The van der Waals surface area contributed by atoms with Crippen LogP contribution in [0.4, 0.5) is 4.79 Å². The highest BCUT2D eigenvalue weighted by Crippen LogP contribution is 2.22. The summed E-state index contributed by atoms with van der Waals surface area (Å²) in [5.41, 5.74) is 2.13. The minimum Gasteiger partial charge on any atom is -0.336 e. The molecular formula is C16H21N5O2S. The number of benzene rings is 1. The molecule has 1 aromatic heterocycles. The Bertz CT molecular complexity index is 725. The zero-order chi connectivity index (χ0) is 17.7. The van der Waals surface area contributed by atoms with Gasteiger partial charge in [0.05, 0.1) is 5.75 Å². The average Bonchev–Trinajstić information content (AvgIpc) is 2.86. The van der Waals surface area contributed by atoms with Gasteiger partial charge >= 0.3 is 6.03 Å². The zero-order valence-corrected chi connectivity index (χ0v) is 15.0. The van der Waals surface area contributed by atoms with Gasteiger partial charge in [0, 0.05) is 18.7 Å². The van der Waals surface area contributed by atoms with Crippen molar-refractivity contribution in [3.8, 4) is 11.4 Å². The molecule has 8 heteroatoms. The molecule has 0 fully saturated rings. The van der Waals surface area contributed by atoms with Gasteiger partial charge < -0.3 is 9.88 Å². The van der Waals surface area contributed by atoms with E-state index in [1.165, 1.54) is 17.3 Å². The first-order valence-corrected chi connectivity index (χ1v) is 8.55. The SMILES string of the molecule is Cc1ccc(-c2nnc(SCC(=O)NC(=O)NC(C)C)n2C)cc1. The van der Waals surface area contributed by atoms with Gasteiger partial charge in [-0.3, -0.25) is 10.1 Å². The molecule has 128 valence electrons. The molecule has 0 radical (unpaired) electrons. The summed E-state index contributed by atoms with van der Waals surface area (Å²) >= 11 is 1.23. The number of urea groups is 1. The Morgan fingerprint density at radius 3 is 2.50 bits per heavy atom. The minimum absolute atomic E-state index is 0.0266. The minimum atomic E-state index is -0.492. The molecule has 0 aliphatic rings. The summed E-state index contributed by atoms with van der Waals surface area (Å²) in [5, 5.41) is 13.8. The van der Waals surface area contributed by atoms with Crippen LogP contribution in [0.2, 0.25) is 0 Å². The number of amides is 3. The summed E-state index contributed by atoms with van der Waals surface area (Å²) in [6, 6.07) is 7.47. The molecule has 0 atom stereocenters. The number of hydrogen-bond acceptors (Lipinski definition) is 5. The first-order valence-electron chi connectivity index (χ1n) is 7.56. The van der Waals surface area contributed by atoms with Gasteiger partial charge in [-0.2, -0.15) is 0 Å². The highest BCUT2D eigenvalue weighted by Gasteiger charge is 2.14. The quantitative estimate of drug-likeness (QED) is 0.809. The fourth-order valence-electron chi connectivity index (χ4n) is 1.99. The molecule has 0 saturated heterocycles. The highest BCUT2D eigenvalue weighted by atomic mass is 32.2. The number of carbonyl (C=O) groups is 2. The summed E-state index contributed by atoms with van der Waals surface area (Å²) in [5.74, 6) is 0.444. The van der Waals surface area contributed by atoms with Crippen molar-refractivity contribution in [1.82, 2.24) is 25.4 Å². The average molecular weight is 347 g/mol. The summed E-state index contributed by atoms with van der Waals surface area (Å²) in [4.78, 5) is 23.3. The van der Waals surface area contributed by atoms with E-state index in [0.29, 0.717) is 5.16 Å². The van der Waals surface area contributed by atoms with Crippen molar-refractivity contribution in [2.45, 2.75) is 32.0 Å². The third kappa shape index (κ3) is 4.82. The van der Waals surface area contributed by atoms with Crippen LogP contribution < -0.4 is 10.6 Å². The molecule has 2 N–H and O–H groups in total. The van der Waals surface area contributed by atoms with Gasteiger partial charge in [-0.05, 0) is 20.8 Å². The van der Waals surface area contributed by atoms with Crippen molar-refractivity contribution >= 4 is 23.7 Å². The second kappa shape index (κ2) is 7.96. The lowest BCUT2D eigenvalue weighted by Crippen LogP contribution is -2.43. The zero-order valence-electron chi connectivity index (χ0n) is 14.2. The molecule has 0 bridgehead atoms. The van der Waals surface area contributed by atoms with Crippen molar-refractivity contribution in [2.75, 3.05) is 5.75 Å². The van der Waals surface area contributed by atoms with Crippen LogP contribution in [-0.2, 0) is 11.8 Å². The first-order chi connectivity index (χ1) is 11.4. The van der Waals surface area contributed by atoms with Gasteiger partial charge in [0.1, 0.15) is 0 Å². The topological polar surface area (TPSA) is 88.9 Å². The predicted molar refractivity (Wildman–Crippen MR) is 93.7 cm³/mol. The Balaban J connectivity index is 1.95. The van der Waals surface area contributed by atoms with Gasteiger partial charge in [-0.15, -0.1) is 10.2 Å². The Morgan fingerprint density at radius 1 is 1.21 bits per heavy atom. The van der Waals surface area contributed by atoms with Crippen LogP contribution in [0.15, 0.2) is 29.4 Å². The van der Waals surface area contributed by atoms with Crippen LogP contribution in [0.5, 0.6) is 0 Å². The normalized spacial score (nSPS) is 10.7. The molecule has 7 nitrogen and oxygen atoms in total. The van der Waals surface area contributed by atoms with Gasteiger partial charge in [0.25, 0.3) is 0 Å². The van der Waals surface area contributed by atoms with E-state index in [2.05, 4.69) is 20.8 Å². The van der Waals surface area contributed by atoms with E-state index in [1.54, 1.807) is 0 Å². The van der Waals surface area contributed by atoms with E-state index in [-0.39, 0.29) is 17.7 Å². The second-order valence-electron chi connectivity index (χ2n) is 5.70. The van der Waals surface area contributed by atoms with Crippen molar-refractivity contribution in [3.63, 3.8) is 0 Å². The van der Waals surface area contributed by atoms with Crippen LogP contribution in [-0.4, -0.2) is 38.5 Å². The Morgan fingerprint density at radius 2 is 1.88 bits per heavy atom. The summed E-state index contributed by atoms with van der Waals surface area (Å²) < 4.78 is 1.83. The van der Waals surface area contributed by atoms with Crippen LogP contribution in [0, 0.1) is 6.92 Å². The third-order valence-electron chi connectivity index (χ3n) is 3.15. The van der Waals surface area contributed by atoms with Crippen LogP contribution in [0.25, 0.3) is 11.4 Å². The number of aryl methyl sites for hydroxylation is 1. The number of carbonyl (C=O) groups excluding carboxylic acids is 2. The molecule has 1 aromatic carbocycles. The first kappa shape index (κ1) is 18.0. The molecule has 24 heavy (non-hydrogen) atoms. The maximum Gasteiger partial charge on any atom is 0.321 e. The third-order valence-corrected chi connectivity index (χ3v) is 4.17. The Labute approximate surface area is 145 Å². The lowest BCUT2D eigenvalue weighted by molar-refractivity contribution is -0.117. The van der Waals surface area contributed by atoms with Crippen molar-refractivity contribution in [1.29, 1.82) is 0 Å². The fourth-order valence-corrected chi connectivity index (χ4v) is 2.70. The van der Waals surface area contributed by atoms with Crippen LogP contribution in [0.1, 0.15) is 19.4 Å². The molecule has 2 aromatic rings. The van der Waals surface area contributed by atoms with Crippen LogP contribution in [0.3, 0.4) is 0 Å². The van der Waals surface area contributed by atoms with Crippen LogP contribution >= 0.6 is 11.8 Å². The number of aromatic nitrogens is 3. The molecule has 0 saturated carbocycles. The monoisotopic (exact) mass is 347 g/mol. The van der Waals surface area contributed by atoms with Gasteiger partial charge in [0.2, 0.25) is 5.91 Å². The van der Waals surface area contributed by atoms with Gasteiger partial charge in [-0.25, -0.2) is 4.79 Å². The van der Waals surface area contributed by atoms with Crippen molar-refractivity contribution in [3.05, 3.63) is 29.8 Å². The number of nitrogens with one attached hydrogen (secondary N) is 2. The summed E-state index contributed by atoms with van der Waals surface area (Å²) in [7, 11) is 1.85. The number of thioether (sulfide) groups is 1. The molecule has 0 aliphatic heterocycles. The van der Waals surface area contributed by atoms with E-state index in [0.717, 1.165) is 11.4 Å². The maximum absolute atomic E-state index is 11.8. The van der Waals surface area contributed by atoms with E-state index in [4.69, 9.17) is 0 Å². The van der Waals surface area contributed by atoms with Crippen molar-refractivity contribution in [2.24, 2.45) is 7.05 Å². The standard InChI is InChI=1S/C16H21N5O2S/c1-10(2)17-15(23)18-13(22)9-24-16-20-19-14(21(16)4)12-7-5-11(3)6-8-12/h5-8,10H,9H2,1-4H3,(H2,17,18,22,23). The molecule has 0 unspecified atom stereocenters. The number of nitrogens with zero attached hydrogens (tertiary/aromatic N) is 3. The van der Waals surface area contributed by atoms with Crippen molar-refractivity contribution < 1.29 is 9.59 Å². The molecule has 1 heterocycles. The lowest BCUT2D eigenvalue weighted by Gasteiger charge is -2.09. The molecule has 0 spiro atoms.